The van der Waals surface area contributed by atoms with E-state index in [1.54, 1.807) is 0 Å². The van der Waals surface area contributed by atoms with Gasteiger partial charge in [-0.1, -0.05) is 36.4 Å². The van der Waals surface area contributed by atoms with Gasteiger partial charge in [-0.05, 0) is 30.7 Å². The first kappa shape index (κ1) is 15.0. The van der Waals surface area contributed by atoms with Crippen molar-refractivity contribution in [2.24, 2.45) is 0 Å². The third-order valence-electron chi connectivity index (χ3n) is 4.56. The first-order valence-corrected chi connectivity index (χ1v) is 8.33. The lowest BCUT2D eigenvalue weighted by molar-refractivity contribution is 0.176. The highest BCUT2D eigenvalue weighted by Gasteiger charge is 2.12. The van der Waals surface area contributed by atoms with Crippen LogP contribution in [0.2, 0.25) is 0 Å². The van der Waals surface area contributed by atoms with Crippen molar-refractivity contribution in [1.82, 2.24) is 15.3 Å². The number of rotatable bonds is 6. The van der Waals surface area contributed by atoms with Crippen molar-refractivity contribution >= 4 is 21.8 Å². The topological polar surface area (TPSA) is 63.8 Å². The molecule has 0 aliphatic heterocycles. The largest absolute Gasteiger partial charge is 0.387 e. The maximum Gasteiger partial charge on any atom is 0.0934 e. The van der Waals surface area contributed by atoms with Crippen molar-refractivity contribution in [3.63, 3.8) is 0 Å². The van der Waals surface area contributed by atoms with Gasteiger partial charge in [-0.15, -0.1) is 0 Å². The van der Waals surface area contributed by atoms with E-state index in [-0.39, 0.29) is 0 Å². The van der Waals surface area contributed by atoms with Gasteiger partial charge in [0.1, 0.15) is 0 Å². The molecule has 0 saturated heterocycles. The Morgan fingerprint density at radius 3 is 2.38 bits per heavy atom. The summed E-state index contributed by atoms with van der Waals surface area (Å²) in [5, 5.41) is 16.2. The van der Waals surface area contributed by atoms with Crippen LogP contribution >= 0.6 is 0 Å². The zero-order valence-electron chi connectivity index (χ0n) is 13.4. The fraction of sp³-hybridized carbons (Fsp3) is 0.200. The van der Waals surface area contributed by atoms with Crippen LogP contribution in [0.1, 0.15) is 17.2 Å². The molecular formula is C20H21N3O. The summed E-state index contributed by atoms with van der Waals surface area (Å²) < 4.78 is 0. The van der Waals surface area contributed by atoms with E-state index in [2.05, 4.69) is 39.7 Å². The number of H-pyrrole nitrogens is 2. The van der Waals surface area contributed by atoms with Gasteiger partial charge in [0, 0.05) is 46.3 Å². The summed E-state index contributed by atoms with van der Waals surface area (Å²) in [6, 6.07) is 16.4. The molecule has 0 spiro atoms. The summed E-state index contributed by atoms with van der Waals surface area (Å²) in [5.74, 6) is 0. The van der Waals surface area contributed by atoms with E-state index in [9.17, 15) is 5.11 Å². The molecule has 0 fully saturated rings. The molecule has 4 rings (SSSR count). The second-order valence-electron chi connectivity index (χ2n) is 6.12. The summed E-state index contributed by atoms with van der Waals surface area (Å²) in [7, 11) is 0. The number of benzene rings is 2. The van der Waals surface area contributed by atoms with Crippen molar-refractivity contribution in [1.29, 1.82) is 0 Å². The molecule has 0 radical (unpaired) electrons. The lowest BCUT2D eigenvalue weighted by Gasteiger charge is -2.11. The predicted octanol–water partition coefficient (Wildman–Crippen LogP) is 3.51. The van der Waals surface area contributed by atoms with Crippen LogP contribution in [-0.2, 0) is 6.42 Å². The number of aliphatic hydroxyl groups is 1. The minimum atomic E-state index is -0.510. The highest BCUT2D eigenvalue weighted by atomic mass is 16.3. The molecule has 4 aromatic rings. The third kappa shape index (κ3) is 2.82. The van der Waals surface area contributed by atoms with Crippen LogP contribution < -0.4 is 5.32 Å². The van der Waals surface area contributed by atoms with Gasteiger partial charge in [0.2, 0.25) is 0 Å². The predicted molar refractivity (Wildman–Crippen MR) is 98.1 cm³/mol. The molecule has 4 N–H and O–H groups in total. The Kier molecular flexibility index (Phi) is 4.07. The Morgan fingerprint density at radius 2 is 1.54 bits per heavy atom. The molecule has 4 nitrogen and oxygen atoms in total. The molecule has 0 amide bonds. The summed E-state index contributed by atoms with van der Waals surface area (Å²) >= 11 is 0. The lowest BCUT2D eigenvalue weighted by atomic mass is 10.1. The molecule has 2 aromatic heterocycles. The molecule has 4 heteroatoms. The number of hydrogen-bond acceptors (Lipinski definition) is 2. The van der Waals surface area contributed by atoms with Crippen LogP contribution in [0.3, 0.4) is 0 Å². The maximum absolute atomic E-state index is 10.4. The van der Waals surface area contributed by atoms with Gasteiger partial charge in [0.15, 0.2) is 0 Å². The molecule has 0 bridgehead atoms. The quantitative estimate of drug-likeness (QED) is 0.411. The molecule has 0 aliphatic rings. The molecule has 24 heavy (non-hydrogen) atoms. The summed E-state index contributed by atoms with van der Waals surface area (Å²) in [6.07, 6.45) is 4.40. The van der Waals surface area contributed by atoms with Crippen LogP contribution in [0, 0.1) is 0 Å². The van der Waals surface area contributed by atoms with E-state index in [0.717, 1.165) is 29.4 Å². The molecule has 122 valence electrons. The second-order valence-corrected chi connectivity index (χ2v) is 6.12. The van der Waals surface area contributed by atoms with Gasteiger partial charge in [-0.25, -0.2) is 0 Å². The molecule has 2 heterocycles. The molecule has 0 saturated carbocycles. The van der Waals surface area contributed by atoms with E-state index in [1.807, 2.05) is 36.5 Å². The van der Waals surface area contributed by atoms with Crippen molar-refractivity contribution in [2.75, 3.05) is 13.1 Å². The Hall–Kier alpha value is -2.56. The molecule has 1 unspecified atom stereocenters. The highest BCUT2D eigenvalue weighted by Crippen LogP contribution is 2.23. The fourth-order valence-corrected chi connectivity index (χ4v) is 3.28. The summed E-state index contributed by atoms with van der Waals surface area (Å²) in [6.45, 7) is 1.38. The van der Waals surface area contributed by atoms with E-state index in [0.29, 0.717) is 6.54 Å². The SMILES string of the molecule is OC(CNCCc1c[nH]c2ccccc12)c1c[nH]c2ccccc12. The molecule has 1 atom stereocenters. The number of aliphatic hydroxyl groups excluding tert-OH is 1. The van der Waals surface area contributed by atoms with E-state index < -0.39 is 6.10 Å². The lowest BCUT2D eigenvalue weighted by Crippen LogP contribution is -2.23. The van der Waals surface area contributed by atoms with Crippen LogP contribution in [-0.4, -0.2) is 28.2 Å². The first-order chi connectivity index (χ1) is 11.8. The highest BCUT2D eigenvalue weighted by molar-refractivity contribution is 5.84. The second kappa shape index (κ2) is 6.51. The molecule has 2 aromatic carbocycles. The van der Waals surface area contributed by atoms with Crippen molar-refractivity contribution < 1.29 is 5.11 Å². The zero-order chi connectivity index (χ0) is 16.4. The number of nitrogens with one attached hydrogen (secondary N) is 3. The monoisotopic (exact) mass is 319 g/mol. The van der Waals surface area contributed by atoms with Gasteiger partial charge in [0.25, 0.3) is 0 Å². The molecular weight excluding hydrogens is 298 g/mol. The van der Waals surface area contributed by atoms with Crippen molar-refractivity contribution in [3.05, 3.63) is 72.1 Å². The first-order valence-electron chi connectivity index (χ1n) is 8.33. The van der Waals surface area contributed by atoms with E-state index in [4.69, 9.17) is 0 Å². The Labute approximate surface area is 140 Å². The van der Waals surface area contributed by atoms with Crippen LogP contribution in [0.4, 0.5) is 0 Å². The van der Waals surface area contributed by atoms with Crippen LogP contribution in [0.25, 0.3) is 21.8 Å². The number of aromatic nitrogens is 2. The standard InChI is InChI=1S/C20H21N3O/c24-20(17-12-23-19-8-4-2-6-16(17)19)13-21-10-9-14-11-22-18-7-3-1-5-15(14)18/h1-8,11-12,20-24H,9-10,13H2. The minimum Gasteiger partial charge on any atom is -0.387 e. The van der Waals surface area contributed by atoms with Crippen LogP contribution in [0.5, 0.6) is 0 Å². The summed E-state index contributed by atoms with van der Waals surface area (Å²) in [5.41, 5.74) is 4.49. The Morgan fingerprint density at radius 1 is 0.875 bits per heavy atom. The fourth-order valence-electron chi connectivity index (χ4n) is 3.28. The minimum absolute atomic E-state index is 0.510. The van der Waals surface area contributed by atoms with Gasteiger partial charge >= 0.3 is 0 Å². The van der Waals surface area contributed by atoms with Crippen LogP contribution in [0.15, 0.2) is 60.9 Å². The maximum atomic E-state index is 10.4. The van der Waals surface area contributed by atoms with Gasteiger partial charge in [-0.2, -0.15) is 0 Å². The number of para-hydroxylation sites is 2. The summed E-state index contributed by atoms with van der Waals surface area (Å²) in [4.78, 5) is 6.51. The van der Waals surface area contributed by atoms with Gasteiger partial charge in [0.05, 0.1) is 6.10 Å². The Balaban J connectivity index is 1.35. The Bertz CT molecular complexity index is 954. The normalized spacial score (nSPS) is 12.9. The average molecular weight is 319 g/mol. The van der Waals surface area contributed by atoms with Crippen molar-refractivity contribution in [3.8, 4) is 0 Å². The number of fused-ring (bicyclic) bond motifs is 2. The average Bonchev–Trinajstić information content (AvgIpc) is 3.23. The van der Waals surface area contributed by atoms with E-state index in [1.165, 1.54) is 16.5 Å². The molecule has 0 aliphatic carbocycles. The smallest absolute Gasteiger partial charge is 0.0934 e. The zero-order valence-corrected chi connectivity index (χ0v) is 13.4. The third-order valence-corrected chi connectivity index (χ3v) is 4.56. The van der Waals surface area contributed by atoms with Gasteiger partial charge < -0.3 is 20.4 Å². The van der Waals surface area contributed by atoms with Crippen molar-refractivity contribution in [2.45, 2.75) is 12.5 Å². The number of aromatic amines is 2. The van der Waals surface area contributed by atoms with Gasteiger partial charge in [-0.3, -0.25) is 0 Å². The number of hydrogen-bond donors (Lipinski definition) is 4. The van der Waals surface area contributed by atoms with E-state index >= 15 is 0 Å².